The zero-order valence-corrected chi connectivity index (χ0v) is 48.8. The first kappa shape index (κ1) is 63.1. The summed E-state index contributed by atoms with van der Waals surface area (Å²) in [5.41, 5.74) is 5.74. The molecule has 0 N–H and O–H groups in total. The summed E-state index contributed by atoms with van der Waals surface area (Å²) >= 11 is 9.14. The number of thiazole rings is 2. The Bertz CT molecular complexity index is 4340. The minimum atomic E-state index is -4.40. The average molecular weight is 1280 g/mol. The Morgan fingerprint density at radius 3 is 1.20 bits per heavy atom. The zero-order valence-electron chi connectivity index (χ0n) is 43.2. The van der Waals surface area contributed by atoms with Crippen LogP contribution in [0.2, 0.25) is 5.02 Å². The quantitative estimate of drug-likeness (QED) is 0.0480. The van der Waals surface area contributed by atoms with Crippen molar-refractivity contribution in [3.05, 3.63) is 173 Å². The molecule has 2 aliphatic heterocycles. The van der Waals surface area contributed by atoms with Gasteiger partial charge in [-0.2, -0.15) is 9.13 Å². The Morgan fingerprint density at radius 2 is 0.810 bits per heavy atom. The number of rotatable bonds is 21. The molecular formula is C56H58ClN7O14S6-2. The SMILES string of the molecule is C.C.O=S(=O)([O-])CCCN1C(=Cc2sc3ccc(-n4cccc4)cc3[n+]2CCCS(=O)(=O)[O-])Oc2ccc(-n3cccc3)cc21.O=S(=O)([O-])CCCN1C(=Cc2sc3ccc(Cl)cc3[n+]2CCCS(=O)(=O)[O-])Oc2ccc(-n3cccc3)cc21. The van der Waals surface area contributed by atoms with Crippen molar-refractivity contribution in [3.63, 3.8) is 0 Å². The van der Waals surface area contributed by atoms with Gasteiger partial charge in [-0.25, -0.2) is 33.7 Å². The van der Waals surface area contributed by atoms with Crippen molar-refractivity contribution < 1.29 is 70.5 Å². The molecule has 11 rings (SSSR count). The number of aromatic nitrogens is 5. The summed E-state index contributed by atoms with van der Waals surface area (Å²) in [6.45, 7) is 0.946. The number of aryl methyl sites for hydroxylation is 2. The van der Waals surface area contributed by atoms with Gasteiger partial charge in [-0.05, 0) is 110 Å². The van der Waals surface area contributed by atoms with Gasteiger partial charge in [-0.1, -0.05) is 49.1 Å². The normalized spacial score (nSPS) is 14.2. The molecule has 0 atom stereocenters. The second-order valence-corrected chi connectivity index (χ2v) is 27.6. The van der Waals surface area contributed by atoms with E-state index in [1.807, 2.05) is 173 Å². The molecule has 446 valence electrons. The Labute approximate surface area is 500 Å². The van der Waals surface area contributed by atoms with Gasteiger partial charge in [0, 0.05) is 115 Å². The summed E-state index contributed by atoms with van der Waals surface area (Å²) in [7, 11) is -17.6. The molecule has 0 fully saturated rings. The standard InChI is InChI=1S/C29H28N4O7S3.C25H24ClN3O7S3.2CH4/c34-42(35,36)17-5-15-32-24-19-22(30-11-1-2-12-30)7-9-26(24)40-28(32)21-29-33(16-6-18-43(37,38)39)25-20-23(8-10-27(25)41-29)31-13-3-4-14-31;26-18-5-8-23-21(15-18)29(12-4-14-39(33,34)35)25(37-23)17-24-28(11-3-13-38(30,31)32)20-16-19(6-7-22(20)36-24)27-9-1-2-10-27;;/h1-4,7-14,19-21H,5-6,15-18H2,(H-,34,35,36,37,38,39);1-2,5-10,15-17H,3-4,11-14H2,(H-,30,31,32,33,34,35);2*1H4/p-2. The first-order valence-electron chi connectivity index (χ1n) is 25.4. The number of benzene rings is 4. The Morgan fingerprint density at radius 1 is 0.464 bits per heavy atom. The lowest BCUT2D eigenvalue weighted by molar-refractivity contribution is -0.668. The number of hydrogen-bond donors (Lipinski definition) is 0. The fourth-order valence-corrected chi connectivity index (χ4v) is 13.8. The highest BCUT2D eigenvalue weighted by atomic mass is 35.5. The fraction of sp³-hybridized carbons (Fsp3) is 0.250. The van der Waals surface area contributed by atoms with Crippen molar-refractivity contribution in [1.82, 2.24) is 13.7 Å². The highest BCUT2D eigenvalue weighted by Crippen LogP contribution is 2.43. The number of hydrogen-bond acceptors (Lipinski definition) is 18. The van der Waals surface area contributed by atoms with Crippen molar-refractivity contribution in [2.75, 3.05) is 45.9 Å². The van der Waals surface area contributed by atoms with Crippen LogP contribution in [0.5, 0.6) is 11.5 Å². The average Bonchev–Trinajstić information content (AvgIpc) is 2.43. The largest absolute Gasteiger partial charge is 0.748 e. The molecular weight excluding hydrogens is 1220 g/mol. The van der Waals surface area contributed by atoms with Gasteiger partial charge in [0.25, 0.3) is 10.0 Å². The third-order valence-corrected chi connectivity index (χ3v) is 18.8. The molecule has 0 amide bonds. The number of ether oxygens (including phenoxy) is 2. The fourth-order valence-electron chi connectivity index (χ4n) is 9.51. The molecule has 21 nitrogen and oxygen atoms in total. The maximum atomic E-state index is 11.4. The van der Waals surface area contributed by atoms with Crippen molar-refractivity contribution >= 4 is 119 Å². The smallest absolute Gasteiger partial charge is 0.268 e. The molecule has 28 heteroatoms. The lowest BCUT2D eigenvalue weighted by atomic mass is 10.2. The molecule has 0 aliphatic carbocycles. The minimum absolute atomic E-state index is 0. The summed E-state index contributed by atoms with van der Waals surface area (Å²) in [6, 6.07) is 34.1. The van der Waals surface area contributed by atoms with E-state index >= 15 is 0 Å². The lowest BCUT2D eigenvalue weighted by Gasteiger charge is -2.19. The predicted octanol–water partition coefficient (Wildman–Crippen LogP) is 8.81. The van der Waals surface area contributed by atoms with E-state index in [0.29, 0.717) is 39.0 Å². The number of nitrogens with zero attached hydrogens (tertiary/aromatic N) is 7. The molecule has 0 unspecified atom stereocenters. The molecule has 0 spiro atoms. The zero-order chi connectivity index (χ0) is 58.0. The minimum Gasteiger partial charge on any atom is -0.748 e. The van der Waals surface area contributed by atoms with Gasteiger partial charge < -0.3 is 51.2 Å². The van der Waals surface area contributed by atoms with E-state index in [9.17, 15) is 51.9 Å². The Balaban J connectivity index is 0.000000215. The topological polar surface area (TPSA) is 276 Å². The molecule has 2 aliphatic rings. The molecule has 4 aromatic carbocycles. The number of halogens is 1. The highest BCUT2D eigenvalue weighted by Gasteiger charge is 2.32. The van der Waals surface area contributed by atoms with Crippen LogP contribution in [0.1, 0.15) is 50.6 Å². The predicted molar refractivity (Wildman–Crippen MR) is 322 cm³/mol. The van der Waals surface area contributed by atoms with Crippen LogP contribution in [0.4, 0.5) is 11.4 Å². The lowest BCUT2D eigenvalue weighted by Crippen LogP contribution is -2.36. The first-order valence-corrected chi connectivity index (χ1v) is 33.7. The van der Waals surface area contributed by atoms with Crippen LogP contribution in [0.3, 0.4) is 0 Å². The van der Waals surface area contributed by atoms with Gasteiger partial charge in [0.2, 0.25) is 22.8 Å². The van der Waals surface area contributed by atoms with Crippen LogP contribution in [-0.4, -0.2) is 102 Å². The van der Waals surface area contributed by atoms with E-state index in [0.717, 1.165) is 48.2 Å². The number of fused-ring (bicyclic) bond motifs is 4. The first-order chi connectivity index (χ1) is 39.0. The molecule has 0 bridgehead atoms. The van der Waals surface area contributed by atoms with Gasteiger partial charge in [0.15, 0.2) is 24.6 Å². The van der Waals surface area contributed by atoms with Gasteiger partial charge in [-0.15, -0.1) is 0 Å². The summed E-state index contributed by atoms with van der Waals surface area (Å²) < 4.78 is 160. The number of anilines is 2. The molecule has 0 saturated heterocycles. The third-order valence-electron chi connectivity index (χ3n) is 13.1. The van der Waals surface area contributed by atoms with Crippen molar-refractivity contribution in [2.24, 2.45) is 0 Å². The van der Waals surface area contributed by atoms with Gasteiger partial charge >= 0.3 is 0 Å². The van der Waals surface area contributed by atoms with Crippen LogP contribution in [-0.2, 0) is 53.6 Å². The maximum absolute atomic E-state index is 11.4. The third kappa shape index (κ3) is 15.7. The van der Waals surface area contributed by atoms with E-state index in [1.54, 1.807) is 18.2 Å². The summed E-state index contributed by atoms with van der Waals surface area (Å²) in [6.07, 6.45) is 15.5. The van der Waals surface area contributed by atoms with Gasteiger partial charge in [0.1, 0.15) is 9.40 Å². The summed E-state index contributed by atoms with van der Waals surface area (Å²) in [5.74, 6) is -0.0427. The van der Waals surface area contributed by atoms with E-state index in [-0.39, 0.29) is 66.7 Å². The van der Waals surface area contributed by atoms with Crippen LogP contribution in [0.25, 0.3) is 49.6 Å². The highest BCUT2D eigenvalue weighted by molar-refractivity contribution is 7.86. The van der Waals surface area contributed by atoms with E-state index in [4.69, 9.17) is 21.1 Å². The van der Waals surface area contributed by atoms with Crippen molar-refractivity contribution in [3.8, 4) is 28.6 Å². The summed E-state index contributed by atoms with van der Waals surface area (Å²) in [5, 5.41) is 1.97. The van der Waals surface area contributed by atoms with Crippen LogP contribution in [0.15, 0.2) is 158 Å². The van der Waals surface area contributed by atoms with Gasteiger partial charge in [-0.3, -0.25) is 0 Å². The van der Waals surface area contributed by atoms with Crippen molar-refractivity contribution in [1.29, 1.82) is 0 Å². The maximum Gasteiger partial charge on any atom is 0.268 e. The van der Waals surface area contributed by atoms with Crippen LogP contribution in [0, 0.1) is 0 Å². The Kier molecular flexibility index (Phi) is 19.7. The Hall–Kier alpha value is -6.89. The molecule has 7 heterocycles. The van der Waals surface area contributed by atoms with Crippen LogP contribution >= 0.6 is 34.3 Å². The van der Waals surface area contributed by atoms with Crippen LogP contribution < -0.4 is 28.4 Å². The van der Waals surface area contributed by atoms with E-state index in [2.05, 4.69) is 0 Å². The molecule has 84 heavy (non-hydrogen) atoms. The second-order valence-electron chi connectivity index (χ2n) is 19.0. The molecule has 0 saturated carbocycles. The summed E-state index contributed by atoms with van der Waals surface area (Å²) in [4.78, 5) is 3.66. The van der Waals surface area contributed by atoms with Gasteiger partial charge in [0.05, 0.1) is 69.7 Å². The van der Waals surface area contributed by atoms with Crippen molar-refractivity contribution in [2.45, 2.75) is 53.6 Å². The van der Waals surface area contributed by atoms with E-state index in [1.165, 1.54) is 22.7 Å². The second kappa shape index (κ2) is 26.2. The molecule has 5 aromatic heterocycles. The van der Waals surface area contributed by atoms with E-state index < -0.39 is 63.5 Å². The molecule has 0 radical (unpaired) electrons. The monoisotopic (exact) mass is 1280 g/mol. The molecule has 9 aromatic rings.